The maximum Gasteiger partial charge on any atom is 0.242 e. The van der Waals surface area contributed by atoms with E-state index in [9.17, 15) is 9.59 Å². The molecular weight excluding hydrogens is 368 g/mol. The van der Waals surface area contributed by atoms with Crippen LogP contribution >= 0.6 is 0 Å². The van der Waals surface area contributed by atoms with E-state index in [0.717, 1.165) is 31.2 Å². The molecule has 1 rings (SSSR count). The maximum atomic E-state index is 12.7. The van der Waals surface area contributed by atoms with Crippen molar-refractivity contribution < 1.29 is 19.1 Å². The van der Waals surface area contributed by atoms with Crippen molar-refractivity contribution in [3.05, 3.63) is 23.8 Å². The van der Waals surface area contributed by atoms with Crippen LogP contribution in [0.4, 0.5) is 0 Å². The van der Waals surface area contributed by atoms with Gasteiger partial charge in [-0.15, -0.1) is 0 Å². The zero-order chi connectivity index (χ0) is 21.8. The molecule has 0 spiro atoms. The molecule has 0 saturated carbocycles. The molecule has 2 amide bonds. The third-order valence-corrected chi connectivity index (χ3v) is 5.18. The summed E-state index contributed by atoms with van der Waals surface area (Å²) in [5.74, 6) is 1.17. The molecule has 0 radical (unpaired) electrons. The highest BCUT2D eigenvalue weighted by molar-refractivity contribution is 5.88. The van der Waals surface area contributed by atoms with E-state index in [2.05, 4.69) is 17.6 Å². The summed E-state index contributed by atoms with van der Waals surface area (Å²) >= 11 is 0. The summed E-state index contributed by atoms with van der Waals surface area (Å²) in [5.41, 5.74) is 1.04. The second kappa shape index (κ2) is 13.1. The van der Waals surface area contributed by atoms with Crippen LogP contribution in [0.5, 0.6) is 11.5 Å². The highest BCUT2D eigenvalue weighted by Crippen LogP contribution is 2.27. The largest absolute Gasteiger partial charge is 0.493 e. The Bertz CT molecular complexity index is 646. The quantitative estimate of drug-likeness (QED) is 0.523. The lowest BCUT2D eigenvalue weighted by Crippen LogP contribution is -2.51. The van der Waals surface area contributed by atoms with Gasteiger partial charge in [-0.2, -0.15) is 0 Å². The van der Waals surface area contributed by atoms with Crippen molar-refractivity contribution in [2.24, 2.45) is 11.8 Å². The van der Waals surface area contributed by atoms with Crippen LogP contribution in [-0.4, -0.2) is 38.6 Å². The third-order valence-electron chi connectivity index (χ3n) is 5.18. The summed E-state index contributed by atoms with van der Waals surface area (Å²) in [5, 5.41) is 5.93. The van der Waals surface area contributed by atoms with Gasteiger partial charge >= 0.3 is 0 Å². The number of carbonyl (C=O) groups excluding carboxylic acids is 2. The summed E-state index contributed by atoms with van der Waals surface area (Å²) in [6.45, 7) is 8.53. The fraction of sp³-hybridized carbons (Fsp3) is 0.652. The Morgan fingerprint density at radius 3 is 2.28 bits per heavy atom. The first kappa shape index (κ1) is 24.8. The van der Waals surface area contributed by atoms with Crippen LogP contribution in [0, 0.1) is 11.8 Å². The minimum atomic E-state index is -0.524. The van der Waals surface area contributed by atoms with Crippen LogP contribution in [0.25, 0.3) is 0 Å². The van der Waals surface area contributed by atoms with Crippen LogP contribution < -0.4 is 20.1 Å². The van der Waals surface area contributed by atoms with Crippen molar-refractivity contribution >= 4 is 11.8 Å². The highest BCUT2D eigenvalue weighted by atomic mass is 16.5. The smallest absolute Gasteiger partial charge is 0.242 e. The Morgan fingerprint density at radius 1 is 1.03 bits per heavy atom. The molecule has 0 aromatic heterocycles. The van der Waals surface area contributed by atoms with Crippen molar-refractivity contribution in [1.82, 2.24) is 10.6 Å². The number of hydrogen-bond acceptors (Lipinski definition) is 4. The summed E-state index contributed by atoms with van der Waals surface area (Å²) in [6, 6.07) is 5.19. The van der Waals surface area contributed by atoms with Crippen LogP contribution in [0.1, 0.15) is 58.9 Å². The number of amides is 2. The molecule has 0 aliphatic carbocycles. The van der Waals surface area contributed by atoms with Crippen LogP contribution in [0.2, 0.25) is 0 Å². The van der Waals surface area contributed by atoms with Gasteiger partial charge in [0, 0.05) is 12.5 Å². The third kappa shape index (κ3) is 7.95. The molecule has 1 aromatic carbocycles. The van der Waals surface area contributed by atoms with Gasteiger partial charge in [0.05, 0.1) is 14.2 Å². The van der Waals surface area contributed by atoms with E-state index in [4.69, 9.17) is 9.47 Å². The zero-order valence-electron chi connectivity index (χ0n) is 18.8. The van der Waals surface area contributed by atoms with E-state index < -0.39 is 6.04 Å². The minimum absolute atomic E-state index is 0.0173. The SMILES string of the molecule is CCCCC(CC)C(=O)NC(C(=O)NCCc1ccc(OC)c(OC)c1)C(C)C. The second-order valence-electron chi connectivity index (χ2n) is 7.71. The molecule has 0 aliphatic heterocycles. The molecule has 29 heavy (non-hydrogen) atoms. The molecule has 0 aliphatic rings. The Hall–Kier alpha value is -2.24. The predicted molar refractivity (Wildman–Crippen MR) is 116 cm³/mol. The van der Waals surface area contributed by atoms with Crippen LogP contribution in [0.15, 0.2) is 18.2 Å². The van der Waals surface area contributed by atoms with Gasteiger partial charge in [0.15, 0.2) is 11.5 Å². The number of benzene rings is 1. The van der Waals surface area contributed by atoms with Gasteiger partial charge in [0.25, 0.3) is 0 Å². The number of unbranched alkanes of at least 4 members (excludes halogenated alkanes) is 1. The molecule has 0 saturated heterocycles. The van der Waals surface area contributed by atoms with Crippen LogP contribution in [0.3, 0.4) is 0 Å². The predicted octanol–water partition coefficient (Wildman–Crippen LogP) is 3.72. The average Bonchev–Trinajstić information content (AvgIpc) is 2.71. The van der Waals surface area contributed by atoms with Crippen molar-refractivity contribution in [2.75, 3.05) is 20.8 Å². The van der Waals surface area contributed by atoms with Gasteiger partial charge in [0.2, 0.25) is 11.8 Å². The maximum absolute atomic E-state index is 12.7. The van der Waals surface area contributed by atoms with E-state index in [-0.39, 0.29) is 23.7 Å². The molecule has 2 atom stereocenters. The lowest BCUT2D eigenvalue weighted by atomic mass is 9.96. The summed E-state index contributed by atoms with van der Waals surface area (Å²) < 4.78 is 10.6. The first-order valence-corrected chi connectivity index (χ1v) is 10.7. The minimum Gasteiger partial charge on any atom is -0.493 e. The lowest BCUT2D eigenvalue weighted by molar-refractivity contribution is -0.132. The Labute approximate surface area is 175 Å². The van der Waals surface area contributed by atoms with E-state index in [0.29, 0.717) is 24.5 Å². The standard InChI is InChI=1S/C23H38N2O4/c1-7-9-10-18(8-2)22(26)25-21(16(3)4)23(27)24-14-13-17-11-12-19(28-5)20(15-17)29-6/h11-12,15-16,18,21H,7-10,13-14H2,1-6H3,(H,24,27)(H,25,26). The molecule has 0 bridgehead atoms. The molecule has 6 nitrogen and oxygen atoms in total. The Balaban J connectivity index is 2.63. The molecule has 0 heterocycles. The zero-order valence-corrected chi connectivity index (χ0v) is 18.8. The topological polar surface area (TPSA) is 76.7 Å². The number of nitrogens with one attached hydrogen (secondary N) is 2. The van der Waals surface area contributed by atoms with Gasteiger partial charge in [0.1, 0.15) is 6.04 Å². The Kier molecular flexibility index (Phi) is 11.2. The van der Waals surface area contributed by atoms with Crippen molar-refractivity contribution in [3.63, 3.8) is 0 Å². The number of hydrogen-bond donors (Lipinski definition) is 2. The fourth-order valence-corrected chi connectivity index (χ4v) is 3.25. The molecule has 2 N–H and O–H groups in total. The van der Waals surface area contributed by atoms with Gasteiger partial charge in [-0.05, 0) is 42.9 Å². The molecular formula is C23H38N2O4. The first-order chi connectivity index (χ1) is 13.9. The number of rotatable bonds is 13. The summed E-state index contributed by atoms with van der Waals surface area (Å²) in [7, 11) is 3.20. The number of methoxy groups -OCH3 is 2. The van der Waals surface area contributed by atoms with Crippen LogP contribution in [-0.2, 0) is 16.0 Å². The molecule has 164 valence electrons. The highest BCUT2D eigenvalue weighted by Gasteiger charge is 2.26. The monoisotopic (exact) mass is 406 g/mol. The molecule has 6 heteroatoms. The van der Waals surface area contributed by atoms with E-state index >= 15 is 0 Å². The summed E-state index contributed by atoms with van der Waals surface area (Å²) in [4.78, 5) is 25.3. The van der Waals surface area contributed by atoms with Gasteiger partial charge in [-0.25, -0.2) is 0 Å². The summed E-state index contributed by atoms with van der Waals surface area (Å²) in [6.07, 6.45) is 4.41. The van der Waals surface area contributed by atoms with Gasteiger partial charge < -0.3 is 20.1 Å². The first-order valence-electron chi connectivity index (χ1n) is 10.7. The number of ether oxygens (including phenoxy) is 2. The fourth-order valence-electron chi connectivity index (χ4n) is 3.25. The number of carbonyl (C=O) groups is 2. The van der Waals surface area contributed by atoms with Crippen molar-refractivity contribution in [1.29, 1.82) is 0 Å². The molecule has 0 fully saturated rings. The van der Waals surface area contributed by atoms with Crippen molar-refractivity contribution in [2.45, 2.75) is 65.8 Å². The van der Waals surface area contributed by atoms with E-state index in [1.807, 2.05) is 39.0 Å². The van der Waals surface area contributed by atoms with E-state index in [1.54, 1.807) is 14.2 Å². The Morgan fingerprint density at radius 2 is 1.72 bits per heavy atom. The van der Waals surface area contributed by atoms with Gasteiger partial charge in [-0.1, -0.05) is 46.6 Å². The molecule has 2 unspecified atom stereocenters. The lowest BCUT2D eigenvalue weighted by Gasteiger charge is -2.24. The van der Waals surface area contributed by atoms with Gasteiger partial charge in [-0.3, -0.25) is 9.59 Å². The van der Waals surface area contributed by atoms with Crippen molar-refractivity contribution in [3.8, 4) is 11.5 Å². The molecule has 1 aromatic rings. The second-order valence-corrected chi connectivity index (χ2v) is 7.71. The van der Waals surface area contributed by atoms with E-state index in [1.165, 1.54) is 0 Å². The normalized spacial score (nSPS) is 12.9. The average molecular weight is 407 g/mol.